The number of benzene rings is 2. The molecule has 4 rings (SSSR count). The lowest BCUT2D eigenvalue weighted by Gasteiger charge is -2.55. The Morgan fingerprint density at radius 1 is 1.08 bits per heavy atom. The van der Waals surface area contributed by atoms with E-state index in [4.69, 9.17) is 14.2 Å². The number of rotatable bonds is 10. The maximum Gasteiger partial charge on any atom is 0.355 e. The molecule has 2 aliphatic heterocycles. The molecule has 0 radical (unpaired) electrons. The number of fused-ring (bicyclic) bond motifs is 1. The number of hydrogen-bond donors (Lipinski definition) is 1. The number of methoxy groups -OCH3 is 1. The Bertz CT molecular complexity index is 1330. The van der Waals surface area contributed by atoms with E-state index in [1.807, 2.05) is 6.07 Å². The van der Waals surface area contributed by atoms with Gasteiger partial charge in [0.2, 0.25) is 5.91 Å². The first-order chi connectivity index (χ1) is 18.7. The number of ketones is 1. The average molecular weight is 617 g/mol. The number of nitrogens with one attached hydrogen (secondary N) is 1. The third-order valence-electron chi connectivity index (χ3n) is 6.11. The molecule has 0 aliphatic carbocycles. The van der Waals surface area contributed by atoms with Gasteiger partial charge in [0.25, 0.3) is 11.6 Å². The predicted molar refractivity (Wildman–Crippen MR) is 144 cm³/mol. The Morgan fingerprint density at radius 2 is 1.77 bits per heavy atom. The smallest absolute Gasteiger partial charge is 0.355 e. The highest BCUT2D eigenvalue weighted by atomic mass is 79.9. The molecule has 2 heterocycles. The number of amides is 2. The standard InChI is InChI=1S/C27H25BrN2O8S/c1-16(31)37-13-19-15-39-26-27(36-2,29-22(33)12-17-6-4-3-5-7-17)25(35)30(26)23(19)24(34)38-14-21(32)18-8-10-20(28)11-9-18/h3-11,26H,12-15H2,1-2H3,(H,29,33)/t26-,27+/m1/s1. The highest BCUT2D eigenvalue weighted by molar-refractivity contribution is 9.10. The number of carbonyl (C=O) groups excluding carboxylic acids is 5. The zero-order valence-corrected chi connectivity index (χ0v) is 23.5. The van der Waals surface area contributed by atoms with Crippen molar-refractivity contribution in [3.8, 4) is 0 Å². The van der Waals surface area contributed by atoms with Crippen LogP contribution in [0.4, 0.5) is 0 Å². The summed E-state index contributed by atoms with van der Waals surface area (Å²) in [7, 11) is 1.30. The van der Waals surface area contributed by atoms with Crippen LogP contribution in [0.2, 0.25) is 0 Å². The Labute approximate surface area is 237 Å². The Morgan fingerprint density at radius 3 is 2.41 bits per heavy atom. The number of nitrogens with zero attached hydrogens (tertiary/aromatic N) is 1. The van der Waals surface area contributed by atoms with Gasteiger partial charge in [0.15, 0.2) is 12.4 Å². The zero-order chi connectivity index (χ0) is 28.2. The van der Waals surface area contributed by atoms with Crippen molar-refractivity contribution < 1.29 is 38.2 Å². The number of thioether (sulfide) groups is 1. The number of carbonyl (C=O) groups is 5. The summed E-state index contributed by atoms with van der Waals surface area (Å²) in [6.45, 7) is 0.416. The van der Waals surface area contributed by atoms with Crippen LogP contribution in [0.1, 0.15) is 22.8 Å². The van der Waals surface area contributed by atoms with Gasteiger partial charge in [0, 0.05) is 35.4 Å². The minimum Gasteiger partial charge on any atom is -0.461 e. The van der Waals surface area contributed by atoms with Gasteiger partial charge in [-0.15, -0.1) is 11.8 Å². The quantitative estimate of drug-likeness (QED) is 0.185. The number of halogens is 1. The fourth-order valence-corrected chi connectivity index (χ4v) is 5.87. The topological polar surface area (TPSA) is 128 Å². The minimum absolute atomic E-state index is 0.0250. The van der Waals surface area contributed by atoms with E-state index >= 15 is 0 Å². The van der Waals surface area contributed by atoms with Crippen LogP contribution < -0.4 is 5.32 Å². The number of β-lactam (4-membered cyclic amide) rings is 1. The molecule has 1 saturated heterocycles. The molecule has 0 spiro atoms. The summed E-state index contributed by atoms with van der Waals surface area (Å²) in [5, 5.41) is 1.90. The minimum atomic E-state index is -1.71. The van der Waals surface area contributed by atoms with Gasteiger partial charge in [-0.2, -0.15) is 0 Å². The Kier molecular flexibility index (Phi) is 8.88. The molecule has 0 saturated carbocycles. The van der Waals surface area contributed by atoms with E-state index in [9.17, 15) is 24.0 Å². The van der Waals surface area contributed by atoms with Crippen molar-refractivity contribution in [1.82, 2.24) is 10.2 Å². The van der Waals surface area contributed by atoms with Gasteiger partial charge in [-0.05, 0) is 17.7 Å². The number of ether oxygens (including phenoxy) is 3. The van der Waals surface area contributed by atoms with Gasteiger partial charge >= 0.3 is 11.9 Å². The van der Waals surface area contributed by atoms with E-state index in [0.29, 0.717) is 11.1 Å². The third kappa shape index (κ3) is 6.07. The first-order valence-corrected chi connectivity index (χ1v) is 13.7. The van der Waals surface area contributed by atoms with Crippen molar-refractivity contribution in [2.24, 2.45) is 0 Å². The molecule has 10 nitrogen and oxygen atoms in total. The SMILES string of the molecule is CO[C@@]1(NC(=O)Cc2ccccc2)C(=O)N2C(C(=O)OCC(=O)c3ccc(Br)cc3)=C(COC(C)=O)CS[C@@H]21. The van der Waals surface area contributed by atoms with E-state index < -0.39 is 47.2 Å². The summed E-state index contributed by atoms with van der Waals surface area (Å²) in [4.78, 5) is 64.7. The molecular weight excluding hydrogens is 592 g/mol. The molecule has 2 aromatic carbocycles. The van der Waals surface area contributed by atoms with Crippen LogP contribution >= 0.6 is 27.7 Å². The van der Waals surface area contributed by atoms with Crippen molar-refractivity contribution in [2.75, 3.05) is 26.1 Å². The molecule has 0 aromatic heterocycles. The maximum absolute atomic E-state index is 13.5. The van der Waals surface area contributed by atoms with E-state index in [1.54, 1.807) is 48.5 Å². The van der Waals surface area contributed by atoms with Crippen LogP contribution in [0.15, 0.2) is 70.3 Å². The number of esters is 2. The fourth-order valence-electron chi connectivity index (χ4n) is 4.18. The van der Waals surface area contributed by atoms with Crippen LogP contribution in [0.3, 0.4) is 0 Å². The number of hydrogen-bond acceptors (Lipinski definition) is 9. The summed E-state index contributed by atoms with van der Waals surface area (Å²) in [6, 6.07) is 15.6. The lowest BCUT2D eigenvalue weighted by atomic mass is 9.97. The summed E-state index contributed by atoms with van der Waals surface area (Å²) in [5.74, 6) is -2.87. The lowest BCUT2D eigenvalue weighted by molar-refractivity contribution is -0.192. The van der Waals surface area contributed by atoms with Crippen molar-refractivity contribution >= 4 is 57.2 Å². The first-order valence-electron chi connectivity index (χ1n) is 11.8. The molecule has 2 aromatic rings. The normalized spacial score (nSPS) is 20.0. The highest BCUT2D eigenvalue weighted by Crippen LogP contribution is 2.47. The predicted octanol–water partition coefficient (Wildman–Crippen LogP) is 2.61. The summed E-state index contributed by atoms with van der Waals surface area (Å²) < 4.78 is 16.7. The van der Waals surface area contributed by atoms with Gasteiger partial charge in [-0.25, -0.2) is 4.79 Å². The molecule has 204 valence electrons. The van der Waals surface area contributed by atoms with Crippen molar-refractivity contribution in [1.29, 1.82) is 0 Å². The van der Waals surface area contributed by atoms with Gasteiger partial charge in [-0.3, -0.25) is 24.1 Å². The molecule has 1 fully saturated rings. The van der Waals surface area contributed by atoms with Crippen molar-refractivity contribution in [3.05, 3.63) is 81.5 Å². The zero-order valence-electron chi connectivity index (χ0n) is 21.1. The monoisotopic (exact) mass is 616 g/mol. The first kappa shape index (κ1) is 28.5. The highest BCUT2D eigenvalue weighted by Gasteiger charge is 2.66. The second-order valence-electron chi connectivity index (χ2n) is 8.73. The summed E-state index contributed by atoms with van der Waals surface area (Å²) >= 11 is 4.53. The molecular formula is C27H25BrN2O8S. The van der Waals surface area contributed by atoms with Crippen LogP contribution in [-0.4, -0.2) is 71.6 Å². The maximum atomic E-state index is 13.5. The second-order valence-corrected chi connectivity index (χ2v) is 10.7. The van der Waals surface area contributed by atoms with Crippen LogP contribution in [0, 0.1) is 0 Å². The second kappa shape index (κ2) is 12.1. The molecule has 1 N–H and O–H groups in total. The van der Waals surface area contributed by atoms with Gasteiger partial charge < -0.3 is 19.5 Å². The fraction of sp³-hybridized carbons (Fsp3) is 0.296. The molecule has 2 aliphatic rings. The van der Waals surface area contributed by atoms with E-state index in [2.05, 4.69) is 21.2 Å². The van der Waals surface area contributed by atoms with Crippen LogP contribution in [0.25, 0.3) is 0 Å². The van der Waals surface area contributed by atoms with Crippen molar-refractivity contribution in [3.63, 3.8) is 0 Å². The van der Waals surface area contributed by atoms with E-state index in [1.165, 1.54) is 25.8 Å². The van der Waals surface area contributed by atoms with Gasteiger partial charge in [0.05, 0.1) is 6.42 Å². The van der Waals surface area contributed by atoms with E-state index in [-0.39, 0.29) is 24.5 Å². The molecule has 12 heteroatoms. The molecule has 0 unspecified atom stereocenters. The lowest BCUT2D eigenvalue weighted by Crippen LogP contribution is -2.80. The Hall–Kier alpha value is -3.48. The molecule has 2 amide bonds. The molecule has 0 bridgehead atoms. The molecule has 2 atom stereocenters. The van der Waals surface area contributed by atoms with Gasteiger partial charge in [0.1, 0.15) is 17.7 Å². The van der Waals surface area contributed by atoms with Crippen LogP contribution in [0.5, 0.6) is 0 Å². The largest absolute Gasteiger partial charge is 0.461 e. The summed E-state index contributed by atoms with van der Waals surface area (Å²) in [6.07, 6.45) is 0.0250. The third-order valence-corrected chi connectivity index (χ3v) is 8.01. The van der Waals surface area contributed by atoms with Crippen LogP contribution in [-0.2, 0) is 39.8 Å². The number of Topliss-reactive ketones (excluding diaryl/α,β-unsaturated/α-hetero) is 1. The Balaban J connectivity index is 1.53. The van der Waals surface area contributed by atoms with Crippen molar-refractivity contribution in [2.45, 2.75) is 24.4 Å². The van der Waals surface area contributed by atoms with Gasteiger partial charge in [-0.1, -0.05) is 58.4 Å². The average Bonchev–Trinajstić information content (AvgIpc) is 2.93. The molecule has 39 heavy (non-hydrogen) atoms. The summed E-state index contributed by atoms with van der Waals surface area (Å²) in [5.41, 5.74) is -0.413. The van der Waals surface area contributed by atoms with E-state index in [0.717, 1.165) is 14.9 Å².